The molecule has 22 heavy (non-hydrogen) atoms. The average Bonchev–Trinajstić information content (AvgIpc) is 2.80. The monoisotopic (exact) mass is 360 g/mol. The summed E-state index contributed by atoms with van der Waals surface area (Å²) in [6, 6.07) is 8.26. The summed E-state index contributed by atoms with van der Waals surface area (Å²) in [7, 11) is 0. The number of anilines is 3. The van der Waals surface area contributed by atoms with Gasteiger partial charge in [-0.25, -0.2) is 9.97 Å². The number of hydrogen-bond donors (Lipinski definition) is 1. The second-order valence-corrected chi connectivity index (χ2v) is 6.61. The summed E-state index contributed by atoms with van der Waals surface area (Å²) < 4.78 is 1.10. The van der Waals surface area contributed by atoms with Gasteiger partial charge in [-0.05, 0) is 37.5 Å². The van der Waals surface area contributed by atoms with E-state index in [4.69, 9.17) is 0 Å². The zero-order valence-electron chi connectivity index (χ0n) is 12.8. The van der Waals surface area contributed by atoms with Gasteiger partial charge in [-0.15, -0.1) is 0 Å². The van der Waals surface area contributed by atoms with E-state index in [9.17, 15) is 0 Å². The molecule has 0 saturated carbocycles. The first-order valence-corrected chi connectivity index (χ1v) is 8.62. The highest BCUT2D eigenvalue weighted by molar-refractivity contribution is 9.10. The maximum absolute atomic E-state index is 4.44. The van der Waals surface area contributed by atoms with Gasteiger partial charge in [0.1, 0.15) is 18.0 Å². The van der Waals surface area contributed by atoms with E-state index in [1.165, 1.54) is 31.2 Å². The van der Waals surface area contributed by atoms with Crippen molar-refractivity contribution in [3.05, 3.63) is 40.6 Å². The SMILES string of the molecule is Cc1ccc(Nc2cc(N3CCCCCC3)ncn2)cc1Br. The van der Waals surface area contributed by atoms with Crippen molar-refractivity contribution in [1.29, 1.82) is 0 Å². The molecule has 2 heterocycles. The largest absolute Gasteiger partial charge is 0.356 e. The predicted octanol–water partition coefficient (Wildman–Crippen LogP) is 4.67. The van der Waals surface area contributed by atoms with Gasteiger partial charge in [-0.2, -0.15) is 0 Å². The van der Waals surface area contributed by atoms with Crippen LogP contribution in [0.15, 0.2) is 35.1 Å². The highest BCUT2D eigenvalue weighted by Gasteiger charge is 2.12. The fourth-order valence-electron chi connectivity index (χ4n) is 2.71. The van der Waals surface area contributed by atoms with Gasteiger partial charge in [-0.3, -0.25) is 0 Å². The molecule has 4 nitrogen and oxygen atoms in total. The van der Waals surface area contributed by atoms with Crippen LogP contribution in [0.5, 0.6) is 0 Å². The maximum atomic E-state index is 4.44. The van der Waals surface area contributed by atoms with E-state index < -0.39 is 0 Å². The molecule has 1 aromatic carbocycles. The lowest BCUT2D eigenvalue weighted by Gasteiger charge is -2.21. The van der Waals surface area contributed by atoms with Crippen LogP contribution in [-0.2, 0) is 0 Å². The summed E-state index contributed by atoms with van der Waals surface area (Å²) in [5.41, 5.74) is 2.25. The van der Waals surface area contributed by atoms with Crippen molar-refractivity contribution in [3.8, 4) is 0 Å². The van der Waals surface area contributed by atoms with Gasteiger partial charge < -0.3 is 10.2 Å². The third-order valence-corrected chi connectivity index (χ3v) is 4.88. The molecule has 0 atom stereocenters. The standard InChI is InChI=1S/C17H21BrN4/c1-13-6-7-14(10-15(13)18)21-16-11-17(20-12-19-16)22-8-4-2-3-5-9-22/h6-7,10-12H,2-5,8-9H2,1H3,(H,19,20,21). The van der Waals surface area contributed by atoms with E-state index in [1.54, 1.807) is 6.33 Å². The number of aryl methyl sites for hydroxylation is 1. The first-order chi connectivity index (χ1) is 10.7. The van der Waals surface area contributed by atoms with Gasteiger partial charge >= 0.3 is 0 Å². The lowest BCUT2D eigenvalue weighted by Crippen LogP contribution is -2.25. The Morgan fingerprint density at radius 3 is 2.55 bits per heavy atom. The fraction of sp³-hybridized carbons (Fsp3) is 0.412. The van der Waals surface area contributed by atoms with Crippen molar-refractivity contribution < 1.29 is 0 Å². The lowest BCUT2D eigenvalue weighted by atomic mass is 10.2. The van der Waals surface area contributed by atoms with Crippen LogP contribution >= 0.6 is 15.9 Å². The Morgan fingerprint density at radius 1 is 1.05 bits per heavy atom. The minimum Gasteiger partial charge on any atom is -0.356 e. The van der Waals surface area contributed by atoms with E-state index in [2.05, 4.69) is 61.2 Å². The summed E-state index contributed by atoms with van der Waals surface area (Å²) in [4.78, 5) is 11.2. The Hall–Kier alpha value is -1.62. The molecule has 0 unspecified atom stereocenters. The summed E-state index contributed by atoms with van der Waals surface area (Å²) in [5, 5.41) is 3.36. The Labute approximate surface area is 140 Å². The van der Waals surface area contributed by atoms with Crippen molar-refractivity contribution in [2.24, 2.45) is 0 Å². The quantitative estimate of drug-likeness (QED) is 0.863. The van der Waals surface area contributed by atoms with Crippen molar-refractivity contribution in [2.45, 2.75) is 32.6 Å². The van der Waals surface area contributed by atoms with E-state index >= 15 is 0 Å². The van der Waals surface area contributed by atoms with E-state index in [0.29, 0.717) is 0 Å². The molecule has 3 rings (SSSR count). The number of benzene rings is 1. The van der Waals surface area contributed by atoms with Gasteiger partial charge in [0.15, 0.2) is 0 Å². The number of aromatic nitrogens is 2. The number of rotatable bonds is 3. The number of halogens is 1. The van der Waals surface area contributed by atoms with Crippen LogP contribution in [-0.4, -0.2) is 23.1 Å². The van der Waals surface area contributed by atoms with Crippen LogP contribution in [0.1, 0.15) is 31.2 Å². The Balaban J connectivity index is 1.76. The summed E-state index contributed by atoms with van der Waals surface area (Å²) >= 11 is 3.56. The zero-order valence-corrected chi connectivity index (χ0v) is 14.4. The second kappa shape index (κ2) is 7.09. The smallest absolute Gasteiger partial charge is 0.135 e. The van der Waals surface area contributed by atoms with Gasteiger partial charge in [0.25, 0.3) is 0 Å². The van der Waals surface area contributed by atoms with Crippen LogP contribution in [0.3, 0.4) is 0 Å². The second-order valence-electron chi connectivity index (χ2n) is 5.75. The normalized spacial score (nSPS) is 15.5. The number of hydrogen-bond acceptors (Lipinski definition) is 4. The fourth-order valence-corrected chi connectivity index (χ4v) is 3.09. The minimum absolute atomic E-state index is 0.838. The highest BCUT2D eigenvalue weighted by atomic mass is 79.9. The van der Waals surface area contributed by atoms with Crippen molar-refractivity contribution >= 4 is 33.3 Å². The average molecular weight is 361 g/mol. The molecule has 0 spiro atoms. The number of nitrogens with zero attached hydrogens (tertiary/aromatic N) is 3. The molecule has 5 heteroatoms. The molecule has 1 fully saturated rings. The number of nitrogens with one attached hydrogen (secondary N) is 1. The van der Waals surface area contributed by atoms with Crippen molar-refractivity contribution in [2.75, 3.05) is 23.3 Å². The third kappa shape index (κ3) is 3.77. The van der Waals surface area contributed by atoms with Crippen LogP contribution in [0.2, 0.25) is 0 Å². The Morgan fingerprint density at radius 2 is 1.82 bits per heavy atom. The van der Waals surface area contributed by atoms with Gasteiger partial charge in [-0.1, -0.05) is 34.8 Å². The molecule has 1 saturated heterocycles. The molecular formula is C17H21BrN4. The minimum atomic E-state index is 0.838. The topological polar surface area (TPSA) is 41.0 Å². The first-order valence-electron chi connectivity index (χ1n) is 7.82. The summed E-state index contributed by atoms with van der Waals surface area (Å²) in [5.74, 6) is 1.86. The van der Waals surface area contributed by atoms with Crippen molar-refractivity contribution in [3.63, 3.8) is 0 Å². The molecule has 1 aliphatic heterocycles. The molecule has 116 valence electrons. The Kier molecular flexibility index (Phi) is 4.93. The molecule has 1 aliphatic rings. The van der Waals surface area contributed by atoms with Gasteiger partial charge in [0.2, 0.25) is 0 Å². The molecule has 0 bridgehead atoms. The van der Waals surface area contributed by atoms with Crippen LogP contribution in [0.4, 0.5) is 17.3 Å². The lowest BCUT2D eigenvalue weighted by molar-refractivity contribution is 0.726. The van der Waals surface area contributed by atoms with Crippen LogP contribution in [0, 0.1) is 6.92 Å². The molecule has 2 aromatic rings. The molecule has 0 aliphatic carbocycles. The molecule has 1 aromatic heterocycles. The predicted molar refractivity (Wildman–Crippen MR) is 94.9 cm³/mol. The zero-order chi connectivity index (χ0) is 15.4. The molecule has 1 N–H and O–H groups in total. The van der Waals surface area contributed by atoms with Crippen molar-refractivity contribution in [1.82, 2.24) is 9.97 Å². The summed E-state index contributed by atoms with van der Waals surface area (Å²) in [6.07, 6.45) is 6.79. The summed E-state index contributed by atoms with van der Waals surface area (Å²) in [6.45, 7) is 4.26. The van der Waals surface area contributed by atoms with E-state index in [0.717, 1.165) is 34.9 Å². The van der Waals surface area contributed by atoms with Crippen LogP contribution < -0.4 is 10.2 Å². The molecule has 0 radical (unpaired) electrons. The van der Waals surface area contributed by atoms with E-state index in [1.807, 2.05) is 6.07 Å². The van der Waals surface area contributed by atoms with Gasteiger partial charge in [0, 0.05) is 29.3 Å². The van der Waals surface area contributed by atoms with Crippen LogP contribution in [0.25, 0.3) is 0 Å². The van der Waals surface area contributed by atoms with E-state index in [-0.39, 0.29) is 0 Å². The molecule has 0 amide bonds. The molecular weight excluding hydrogens is 340 g/mol. The van der Waals surface area contributed by atoms with Gasteiger partial charge in [0.05, 0.1) is 0 Å². The Bertz CT molecular complexity index is 636. The maximum Gasteiger partial charge on any atom is 0.135 e. The first kappa shape index (κ1) is 15.3. The highest BCUT2D eigenvalue weighted by Crippen LogP contribution is 2.24. The third-order valence-electron chi connectivity index (χ3n) is 4.03.